The first kappa shape index (κ1) is 13.8. The summed E-state index contributed by atoms with van der Waals surface area (Å²) in [7, 11) is -1.12. The molecule has 1 heteroatoms. The second-order valence-electron chi connectivity index (χ2n) is 5.18. The van der Waals surface area contributed by atoms with E-state index in [0.717, 1.165) is 0 Å². The van der Waals surface area contributed by atoms with Crippen molar-refractivity contribution in [3.8, 4) is 0 Å². The molecule has 0 spiro atoms. The van der Waals surface area contributed by atoms with Gasteiger partial charge in [0.2, 0.25) is 0 Å². The molecular formula is C15H28Si. The van der Waals surface area contributed by atoms with Gasteiger partial charge in [-0.15, -0.1) is 0 Å². The Labute approximate surface area is 103 Å². The van der Waals surface area contributed by atoms with E-state index in [1.807, 2.05) is 0 Å². The lowest BCUT2D eigenvalue weighted by Gasteiger charge is -2.29. The van der Waals surface area contributed by atoms with E-state index in [1.54, 1.807) is 0 Å². The SMILES string of the molecule is CCC/C=C/[Si]1(/C=C/CCC)CCCCC1. The molecule has 0 saturated carbocycles. The Morgan fingerprint density at radius 1 is 0.812 bits per heavy atom. The molecule has 1 rings (SSSR count). The van der Waals surface area contributed by atoms with E-state index in [1.165, 1.54) is 57.0 Å². The van der Waals surface area contributed by atoms with Crippen molar-refractivity contribution in [1.82, 2.24) is 0 Å². The highest BCUT2D eigenvalue weighted by atomic mass is 28.3. The smallest absolute Gasteiger partial charge is 0.0944 e. The largest absolute Gasteiger partial charge is 0.101 e. The number of rotatable bonds is 6. The number of allylic oxidation sites excluding steroid dienone is 2. The van der Waals surface area contributed by atoms with Crippen LogP contribution in [0.4, 0.5) is 0 Å². The third kappa shape index (κ3) is 4.69. The van der Waals surface area contributed by atoms with Crippen LogP contribution in [-0.2, 0) is 0 Å². The molecule has 0 amide bonds. The van der Waals surface area contributed by atoms with Gasteiger partial charge in [-0.25, -0.2) is 0 Å². The van der Waals surface area contributed by atoms with Gasteiger partial charge in [0, 0.05) is 0 Å². The molecule has 92 valence electrons. The van der Waals surface area contributed by atoms with E-state index in [0.29, 0.717) is 0 Å². The number of unbranched alkanes of at least 4 members (excludes halogenated alkanes) is 2. The first-order valence-electron chi connectivity index (χ1n) is 7.18. The van der Waals surface area contributed by atoms with E-state index >= 15 is 0 Å². The molecule has 0 radical (unpaired) electrons. The van der Waals surface area contributed by atoms with E-state index in [2.05, 4.69) is 37.4 Å². The van der Waals surface area contributed by atoms with E-state index < -0.39 is 8.07 Å². The highest BCUT2D eigenvalue weighted by Crippen LogP contribution is 2.31. The molecule has 1 heterocycles. The van der Waals surface area contributed by atoms with Crippen LogP contribution in [0.1, 0.15) is 58.8 Å². The van der Waals surface area contributed by atoms with Crippen molar-refractivity contribution in [2.24, 2.45) is 0 Å². The van der Waals surface area contributed by atoms with Crippen LogP contribution in [0.5, 0.6) is 0 Å². The highest BCUT2D eigenvalue weighted by molar-refractivity contribution is 6.89. The molecule has 0 bridgehead atoms. The fourth-order valence-corrected chi connectivity index (χ4v) is 6.68. The maximum Gasteiger partial charge on any atom is 0.101 e. The van der Waals surface area contributed by atoms with Crippen LogP contribution >= 0.6 is 0 Å². The second-order valence-corrected chi connectivity index (χ2v) is 9.31. The Balaban J connectivity index is 2.59. The normalized spacial score (nSPS) is 20.9. The molecule has 0 nitrogen and oxygen atoms in total. The fraction of sp³-hybridized carbons (Fsp3) is 0.733. The monoisotopic (exact) mass is 236 g/mol. The molecule has 1 aliphatic heterocycles. The van der Waals surface area contributed by atoms with Crippen molar-refractivity contribution in [3.05, 3.63) is 23.6 Å². The quantitative estimate of drug-likeness (QED) is 0.541. The van der Waals surface area contributed by atoms with Crippen LogP contribution in [0.2, 0.25) is 12.1 Å². The Morgan fingerprint density at radius 2 is 1.31 bits per heavy atom. The second kappa shape index (κ2) is 7.89. The molecule has 0 aliphatic carbocycles. The lowest BCUT2D eigenvalue weighted by atomic mass is 10.3. The standard InChI is InChI=1S/C15H28Si/c1-3-5-8-12-16(13-9-6-4-2)14-10-7-11-15-16/h8-9,12-13H,3-7,10-11,14-15H2,1-2H3/b12-8+,13-9+. The summed E-state index contributed by atoms with van der Waals surface area (Å²) in [4.78, 5) is 0. The van der Waals surface area contributed by atoms with Gasteiger partial charge in [-0.1, -0.05) is 81.6 Å². The molecule has 0 atom stereocenters. The van der Waals surface area contributed by atoms with Gasteiger partial charge >= 0.3 is 0 Å². The molecule has 1 aliphatic rings. The molecule has 0 N–H and O–H groups in total. The van der Waals surface area contributed by atoms with E-state index in [9.17, 15) is 0 Å². The molecule has 16 heavy (non-hydrogen) atoms. The van der Waals surface area contributed by atoms with Crippen LogP contribution in [0.15, 0.2) is 23.6 Å². The molecule has 0 unspecified atom stereocenters. The lowest BCUT2D eigenvalue weighted by Crippen LogP contribution is -2.32. The minimum atomic E-state index is -1.12. The topological polar surface area (TPSA) is 0 Å². The van der Waals surface area contributed by atoms with Gasteiger partial charge in [-0.3, -0.25) is 0 Å². The predicted molar refractivity (Wildman–Crippen MR) is 77.3 cm³/mol. The van der Waals surface area contributed by atoms with Crippen molar-refractivity contribution in [2.75, 3.05) is 0 Å². The van der Waals surface area contributed by atoms with Crippen LogP contribution in [-0.4, -0.2) is 8.07 Å². The van der Waals surface area contributed by atoms with Crippen molar-refractivity contribution in [1.29, 1.82) is 0 Å². The third-order valence-electron chi connectivity index (χ3n) is 3.59. The van der Waals surface area contributed by atoms with Gasteiger partial charge in [0.15, 0.2) is 0 Å². The van der Waals surface area contributed by atoms with Crippen molar-refractivity contribution in [2.45, 2.75) is 70.9 Å². The molecule has 1 saturated heterocycles. The van der Waals surface area contributed by atoms with Gasteiger partial charge in [0.05, 0.1) is 0 Å². The maximum absolute atomic E-state index is 2.64. The Bertz CT molecular complexity index is 204. The van der Waals surface area contributed by atoms with Gasteiger partial charge < -0.3 is 0 Å². The molecule has 0 aromatic heterocycles. The average Bonchev–Trinajstić information content (AvgIpc) is 2.31. The minimum Gasteiger partial charge on any atom is -0.0944 e. The summed E-state index contributed by atoms with van der Waals surface area (Å²) in [6, 6.07) is 3.01. The summed E-state index contributed by atoms with van der Waals surface area (Å²) < 4.78 is 0. The van der Waals surface area contributed by atoms with E-state index in [-0.39, 0.29) is 0 Å². The fourth-order valence-electron chi connectivity index (χ4n) is 2.57. The predicted octanol–water partition coefficient (Wildman–Crippen LogP) is 5.41. The van der Waals surface area contributed by atoms with Gasteiger partial charge in [-0.05, 0) is 12.8 Å². The Kier molecular flexibility index (Phi) is 6.78. The zero-order valence-corrected chi connectivity index (χ0v) is 12.2. The molecule has 0 aromatic rings. The molecule has 1 fully saturated rings. The zero-order chi connectivity index (χ0) is 11.7. The first-order valence-corrected chi connectivity index (χ1v) is 9.75. The summed E-state index contributed by atoms with van der Waals surface area (Å²) in [6.07, 6.45) is 14.5. The summed E-state index contributed by atoms with van der Waals surface area (Å²) in [5.41, 5.74) is 5.28. The Morgan fingerprint density at radius 3 is 1.75 bits per heavy atom. The summed E-state index contributed by atoms with van der Waals surface area (Å²) in [6.45, 7) is 4.54. The van der Waals surface area contributed by atoms with Crippen molar-refractivity contribution < 1.29 is 0 Å². The van der Waals surface area contributed by atoms with Gasteiger partial charge in [-0.2, -0.15) is 0 Å². The summed E-state index contributed by atoms with van der Waals surface area (Å²) in [5, 5.41) is 0. The third-order valence-corrected chi connectivity index (χ3v) is 7.96. The number of hydrogen-bond donors (Lipinski definition) is 0. The summed E-state index contributed by atoms with van der Waals surface area (Å²) in [5.74, 6) is 0. The molecular weight excluding hydrogens is 208 g/mol. The van der Waals surface area contributed by atoms with Crippen LogP contribution in [0, 0.1) is 0 Å². The van der Waals surface area contributed by atoms with Crippen molar-refractivity contribution in [3.63, 3.8) is 0 Å². The van der Waals surface area contributed by atoms with Crippen LogP contribution < -0.4 is 0 Å². The van der Waals surface area contributed by atoms with Gasteiger partial charge in [0.1, 0.15) is 8.07 Å². The van der Waals surface area contributed by atoms with E-state index in [4.69, 9.17) is 0 Å². The highest BCUT2D eigenvalue weighted by Gasteiger charge is 2.28. The lowest BCUT2D eigenvalue weighted by molar-refractivity contribution is 0.719. The Hall–Kier alpha value is -0.303. The zero-order valence-electron chi connectivity index (χ0n) is 11.2. The van der Waals surface area contributed by atoms with Crippen molar-refractivity contribution >= 4 is 8.07 Å². The summed E-state index contributed by atoms with van der Waals surface area (Å²) >= 11 is 0. The number of hydrogen-bond acceptors (Lipinski definition) is 0. The average molecular weight is 236 g/mol. The minimum absolute atomic E-state index is 1.12. The van der Waals surface area contributed by atoms with Crippen LogP contribution in [0.25, 0.3) is 0 Å². The maximum atomic E-state index is 2.64. The van der Waals surface area contributed by atoms with Crippen LogP contribution in [0.3, 0.4) is 0 Å². The molecule has 0 aromatic carbocycles. The first-order chi connectivity index (χ1) is 7.83. The van der Waals surface area contributed by atoms with Gasteiger partial charge in [0.25, 0.3) is 0 Å².